The molecule has 0 aromatic carbocycles. The Hall–Kier alpha value is -0.210. The Morgan fingerprint density at radius 1 is 1.56 bits per heavy atom. The van der Waals surface area contributed by atoms with Gasteiger partial charge in [0, 0.05) is 12.6 Å². The molecule has 0 saturated heterocycles. The van der Waals surface area contributed by atoms with Crippen molar-refractivity contribution >= 4 is 33.0 Å². The first-order valence-corrected chi connectivity index (χ1v) is 8.09. The van der Waals surface area contributed by atoms with Crippen LogP contribution >= 0.6 is 22.9 Å². The molecule has 5 nitrogen and oxygen atoms in total. The fraction of sp³-hybridized carbons (Fsp3) is 0.700. The van der Waals surface area contributed by atoms with Crippen LogP contribution in [0.1, 0.15) is 27.2 Å². The normalized spacial score (nSPS) is 14.7. The van der Waals surface area contributed by atoms with Crippen LogP contribution in [0.5, 0.6) is 0 Å². The lowest BCUT2D eigenvalue weighted by molar-refractivity contribution is 0.214. The van der Waals surface area contributed by atoms with Crippen LogP contribution in [-0.2, 0) is 10.0 Å². The average molecular weight is 313 g/mol. The predicted octanol–water partition coefficient (Wildman–Crippen LogP) is 1.87. The summed E-state index contributed by atoms with van der Waals surface area (Å²) in [6, 6.07) is -0.353. The van der Waals surface area contributed by atoms with Crippen molar-refractivity contribution in [2.24, 2.45) is 5.41 Å². The Morgan fingerprint density at radius 3 is 2.56 bits per heavy atom. The number of nitrogens with zero attached hydrogens (tertiary/aromatic N) is 1. The molecule has 0 aliphatic heterocycles. The highest BCUT2D eigenvalue weighted by molar-refractivity contribution is 7.91. The fourth-order valence-electron chi connectivity index (χ4n) is 1.41. The maximum Gasteiger partial charge on any atom is 0.251 e. The van der Waals surface area contributed by atoms with Gasteiger partial charge in [-0.2, -0.15) is 0 Å². The lowest BCUT2D eigenvalue weighted by atomic mass is 9.86. The number of rotatable bonds is 5. The van der Waals surface area contributed by atoms with E-state index >= 15 is 0 Å². The summed E-state index contributed by atoms with van der Waals surface area (Å²) in [4.78, 5) is 3.71. The summed E-state index contributed by atoms with van der Waals surface area (Å²) in [5.74, 6) is 0. The highest BCUT2D eigenvalue weighted by atomic mass is 35.5. The van der Waals surface area contributed by atoms with Crippen molar-refractivity contribution in [2.75, 3.05) is 6.61 Å². The first-order chi connectivity index (χ1) is 8.16. The van der Waals surface area contributed by atoms with E-state index in [1.165, 1.54) is 6.20 Å². The van der Waals surface area contributed by atoms with Gasteiger partial charge in [-0.25, -0.2) is 18.1 Å². The predicted molar refractivity (Wildman–Crippen MR) is 72.4 cm³/mol. The highest BCUT2D eigenvalue weighted by Gasteiger charge is 2.30. The van der Waals surface area contributed by atoms with Gasteiger partial charge >= 0.3 is 0 Å². The van der Waals surface area contributed by atoms with E-state index < -0.39 is 10.0 Å². The van der Waals surface area contributed by atoms with Crippen molar-refractivity contribution in [1.82, 2.24) is 9.71 Å². The minimum atomic E-state index is -3.63. The second-order valence-corrected chi connectivity index (χ2v) is 8.54. The topological polar surface area (TPSA) is 79.3 Å². The summed E-state index contributed by atoms with van der Waals surface area (Å²) in [7, 11) is -3.63. The van der Waals surface area contributed by atoms with Gasteiger partial charge in [0.25, 0.3) is 10.0 Å². The lowest BCUT2D eigenvalue weighted by Crippen LogP contribution is -2.44. The van der Waals surface area contributed by atoms with Crippen LogP contribution in [0.25, 0.3) is 0 Å². The minimum Gasteiger partial charge on any atom is -0.396 e. The molecule has 1 rings (SSSR count). The number of sulfonamides is 1. The molecule has 1 aromatic rings. The molecule has 0 amide bonds. The van der Waals surface area contributed by atoms with Crippen LogP contribution < -0.4 is 4.72 Å². The van der Waals surface area contributed by atoms with E-state index in [1.54, 1.807) is 0 Å². The zero-order valence-corrected chi connectivity index (χ0v) is 12.9. The largest absolute Gasteiger partial charge is 0.396 e. The van der Waals surface area contributed by atoms with Crippen molar-refractivity contribution < 1.29 is 13.5 Å². The SMILES string of the molecule is CC(C)(C)C(CCO)NS(=O)(=O)c1cnc(Cl)s1. The van der Waals surface area contributed by atoms with E-state index in [-0.39, 0.29) is 26.7 Å². The van der Waals surface area contributed by atoms with E-state index in [4.69, 9.17) is 16.7 Å². The molecule has 0 spiro atoms. The molecule has 1 aromatic heterocycles. The Morgan fingerprint density at radius 2 is 2.17 bits per heavy atom. The Kier molecular flexibility index (Phi) is 5.13. The molecule has 1 atom stereocenters. The van der Waals surface area contributed by atoms with Crippen molar-refractivity contribution in [3.8, 4) is 0 Å². The smallest absolute Gasteiger partial charge is 0.251 e. The van der Waals surface area contributed by atoms with Crippen molar-refractivity contribution in [2.45, 2.75) is 37.4 Å². The van der Waals surface area contributed by atoms with Crippen LogP contribution in [0.15, 0.2) is 10.4 Å². The van der Waals surface area contributed by atoms with Crippen LogP contribution in [0.4, 0.5) is 0 Å². The summed E-state index contributed by atoms with van der Waals surface area (Å²) in [5.41, 5.74) is -0.287. The second kappa shape index (κ2) is 5.83. The van der Waals surface area contributed by atoms with Gasteiger partial charge in [0.15, 0.2) is 8.68 Å². The van der Waals surface area contributed by atoms with Crippen LogP contribution in [-0.4, -0.2) is 31.2 Å². The van der Waals surface area contributed by atoms with Gasteiger partial charge in [0.1, 0.15) is 0 Å². The first-order valence-electron chi connectivity index (χ1n) is 5.41. The molecule has 1 heterocycles. The molecule has 8 heteroatoms. The maximum atomic E-state index is 12.1. The molecule has 0 fully saturated rings. The average Bonchev–Trinajstić information content (AvgIpc) is 2.63. The summed E-state index contributed by atoms with van der Waals surface area (Å²) >= 11 is 6.54. The summed E-state index contributed by atoms with van der Waals surface area (Å²) in [6.45, 7) is 5.66. The molecule has 18 heavy (non-hydrogen) atoms. The quantitative estimate of drug-likeness (QED) is 0.870. The number of hydrogen-bond acceptors (Lipinski definition) is 5. The van der Waals surface area contributed by atoms with E-state index in [1.807, 2.05) is 20.8 Å². The second-order valence-electron chi connectivity index (χ2n) is 4.98. The van der Waals surface area contributed by atoms with Gasteiger partial charge in [-0.05, 0) is 11.8 Å². The number of hydrogen-bond donors (Lipinski definition) is 2. The van der Waals surface area contributed by atoms with Gasteiger partial charge < -0.3 is 5.11 Å². The summed E-state index contributed by atoms with van der Waals surface area (Å²) in [6.07, 6.45) is 1.59. The van der Waals surface area contributed by atoms with Gasteiger partial charge in [-0.15, -0.1) is 0 Å². The Bertz CT molecular complexity index is 493. The van der Waals surface area contributed by atoms with Crippen LogP contribution in [0, 0.1) is 5.41 Å². The number of aliphatic hydroxyl groups is 1. The molecule has 0 aliphatic rings. The van der Waals surface area contributed by atoms with Gasteiger partial charge in [0.2, 0.25) is 0 Å². The number of nitrogens with one attached hydrogen (secondary N) is 1. The van der Waals surface area contributed by atoms with E-state index in [9.17, 15) is 8.42 Å². The first kappa shape index (κ1) is 15.8. The van der Waals surface area contributed by atoms with Crippen LogP contribution in [0.3, 0.4) is 0 Å². The monoisotopic (exact) mass is 312 g/mol. The summed E-state index contributed by atoms with van der Waals surface area (Å²) < 4.78 is 27.0. The van der Waals surface area contributed by atoms with E-state index in [0.717, 1.165) is 11.3 Å². The maximum absolute atomic E-state index is 12.1. The molecule has 104 valence electrons. The van der Waals surface area contributed by atoms with Crippen molar-refractivity contribution in [3.05, 3.63) is 10.7 Å². The standard InChI is InChI=1S/C10H17ClN2O3S2/c1-10(2,3)7(4-5-14)13-18(15,16)8-6-12-9(11)17-8/h6-7,13-14H,4-5H2,1-3H3. The third-order valence-electron chi connectivity index (χ3n) is 2.48. The third-order valence-corrected chi connectivity index (χ3v) is 5.53. The Balaban J connectivity index is 2.93. The zero-order chi connectivity index (χ0) is 14.0. The molecular formula is C10H17ClN2O3S2. The highest BCUT2D eigenvalue weighted by Crippen LogP contribution is 2.26. The molecule has 0 bridgehead atoms. The number of halogens is 1. The van der Waals surface area contributed by atoms with Crippen molar-refractivity contribution in [1.29, 1.82) is 0 Å². The molecular weight excluding hydrogens is 296 g/mol. The summed E-state index contributed by atoms with van der Waals surface area (Å²) in [5, 5.41) is 9.01. The van der Waals surface area contributed by atoms with E-state index in [2.05, 4.69) is 9.71 Å². The molecule has 1 unspecified atom stereocenters. The van der Waals surface area contributed by atoms with Crippen molar-refractivity contribution in [3.63, 3.8) is 0 Å². The Labute approximate surface area is 116 Å². The van der Waals surface area contributed by atoms with Crippen LogP contribution in [0.2, 0.25) is 4.47 Å². The van der Waals surface area contributed by atoms with Gasteiger partial charge in [-0.3, -0.25) is 0 Å². The molecule has 2 N–H and O–H groups in total. The third kappa shape index (κ3) is 4.17. The van der Waals surface area contributed by atoms with Gasteiger partial charge in [-0.1, -0.05) is 43.7 Å². The number of aromatic nitrogens is 1. The molecule has 0 aliphatic carbocycles. The lowest BCUT2D eigenvalue weighted by Gasteiger charge is -2.30. The minimum absolute atomic E-state index is 0.0755. The fourth-order valence-corrected chi connectivity index (χ4v) is 4.19. The number of thiazole rings is 1. The molecule has 0 saturated carbocycles. The number of aliphatic hydroxyl groups excluding tert-OH is 1. The zero-order valence-electron chi connectivity index (χ0n) is 10.5. The van der Waals surface area contributed by atoms with E-state index in [0.29, 0.717) is 6.42 Å². The molecule has 0 radical (unpaired) electrons. The van der Waals surface area contributed by atoms with Gasteiger partial charge in [0.05, 0.1) is 6.20 Å².